The molecule has 0 atom stereocenters. The first-order chi connectivity index (χ1) is 11.2. The molecule has 2 aromatic carbocycles. The maximum Gasteiger partial charge on any atom is 0.295 e. The molecule has 1 fully saturated rings. The van der Waals surface area contributed by atoms with Gasteiger partial charge in [-0.2, -0.15) is 0 Å². The van der Waals surface area contributed by atoms with Crippen LogP contribution in [-0.4, -0.2) is 30.2 Å². The first-order valence-electron chi connectivity index (χ1n) is 7.39. The van der Waals surface area contributed by atoms with Crippen molar-refractivity contribution in [1.82, 2.24) is 4.90 Å². The van der Waals surface area contributed by atoms with E-state index >= 15 is 0 Å². The summed E-state index contributed by atoms with van der Waals surface area (Å²) in [7, 11) is 1.60. The second-order valence-electron chi connectivity index (χ2n) is 5.42. The van der Waals surface area contributed by atoms with Crippen LogP contribution in [0.4, 0.5) is 0 Å². The van der Waals surface area contributed by atoms with Crippen LogP contribution in [0.3, 0.4) is 0 Å². The van der Waals surface area contributed by atoms with Crippen molar-refractivity contribution in [3.63, 3.8) is 0 Å². The van der Waals surface area contributed by atoms with Gasteiger partial charge in [0.1, 0.15) is 5.75 Å². The summed E-state index contributed by atoms with van der Waals surface area (Å²) in [5.41, 5.74) is 2.37. The number of rotatable bonds is 4. The second kappa shape index (κ2) is 6.48. The molecule has 0 bridgehead atoms. The van der Waals surface area contributed by atoms with Crippen molar-refractivity contribution < 1.29 is 14.3 Å². The third kappa shape index (κ3) is 3.31. The number of ether oxygens (including phenoxy) is 1. The molecule has 116 valence electrons. The molecule has 4 heteroatoms. The molecule has 0 spiro atoms. The Morgan fingerprint density at radius 3 is 2.61 bits per heavy atom. The Morgan fingerprint density at radius 1 is 1.09 bits per heavy atom. The second-order valence-corrected chi connectivity index (χ2v) is 5.42. The number of likely N-dealkylation sites (tertiary alicyclic amines) is 1. The Morgan fingerprint density at radius 2 is 1.87 bits per heavy atom. The summed E-state index contributed by atoms with van der Waals surface area (Å²) in [5, 5.41) is 0. The highest BCUT2D eigenvalue weighted by Crippen LogP contribution is 2.21. The maximum atomic E-state index is 12.2. The molecule has 0 unspecified atom stereocenters. The van der Waals surface area contributed by atoms with Gasteiger partial charge in [0.05, 0.1) is 13.7 Å². The van der Waals surface area contributed by atoms with E-state index in [1.54, 1.807) is 18.1 Å². The summed E-state index contributed by atoms with van der Waals surface area (Å²) < 4.78 is 5.18. The zero-order chi connectivity index (χ0) is 16.2. The molecule has 1 heterocycles. The van der Waals surface area contributed by atoms with Crippen LogP contribution in [0.1, 0.15) is 11.1 Å². The Bertz CT molecular complexity index is 765. The average Bonchev–Trinajstić information content (AvgIpc) is 2.84. The summed E-state index contributed by atoms with van der Waals surface area (Å²) >= 11 is 0. The van der Waals surface area contributed by atoms with E-state index in [-0.39, 0.29) is 0 Å². The van der Waals surface area contributed by atoms with Crippen LogP contribution in [0.15, 0.2) is 60.2 Å². The predicted octanol–water partition coefficient (Wildman–Crippen LogP) is 2.69. The summed E-state index contributed by atoms with van der Waals surface area (Å²) in [6.45, 7) is 0.782. The first kappa shape index (κ1) is 15.0. The first-order valence-corrected chi connectivity index (χ1v) is 7.39. The van der Waals surface area contributed by atoms with Crippen molar-refractivity contribution in [3.8, 4) is 5.75 Å². The number of hydrogen-bond acceptors (Lipinski definition) is 3. The fourth-order valence-corrected chi connectivity index (χ4v) is 2.61. The Kier molecular flexibility index (Phi) is 4.24. The van der Waals surface area contributed by atoms with Crippen molar-refractivity contribution in [3.05, 3.63) is 71.3 Å². The molecule has 1 aliphatic heterocycles. The van der Waals surface area contributed by atoms with Gasteiger partial charge in [0.25, 0.3) is 5.91 Å². The number of nitrogens with zero attached hydrogens (tertiary/aromatic N) is 1. The number of Topliss-reactive ketones (excluding diaryl/α,β-unsaturated/α-hetero) is 1. The van der Waals surface area contributed by atoms with Crippen LogP contribution in [0.25, 0.3) is 6.08 Å². The molecule has 1 aliphatic rings. The van der Waals surface area contributed by atoms with Crippen LogP contribution in [0.2, 0.25) is 0 Å². The fourth-order valence-electron chi connectivity index (χ4n) is 2.61. The quantitative estimate of drug-likeness (QED) is 0.644. The van der Waals surface area contributed by atoms with Crippen LogP contribution >= 0.6 is 0 Å². The maximum absolute atomic E-state index is 12.2. The lowest BCUT2D eigenvalue weighted by atomic mass is 10.1. The molecule has 0 radical (unpaired) electrons. The van der Waals surface area contributed by atoms with Gasteiger partial charge >= 0.3 is 0 Å². The van der Waals surface area contributed by atoms with Gasteiger partial charge in [-0.15, -0.1) is 0 Å². The minimum Gasteiger partial charge on any atom is -0.497 e. The van der Waals surface area contributed by atoms with E-state index < -0.39 is 11.7 Å². The molecule has 0 N–H and O–H groups in total. The average molecular weight is 307 g/mol. The Labute approximate surface area is 135 Å². The topological polar surface area (TPSA) is 46.6 Å². The summed E-state index contributed by atoms with van der Waals surface area (Å²) in [5.74, 6) is -0.149. The molecule has 0 aliphatic carbocycles. The van der Waals surface area contributed by atoms with Gasteiger partial charge in [0, 0.05) is 12.1 Å². The summed E-state index contributed by atoms with van der Waals surface area (Å²) in [4.78, 5) is 25.9. The Balaban J connectivity index is 1.80. The highest BCUT2D eigenvalue weighted by Gasteiger charge is 2.33. The van der Waals surface area contributed by atoms with E-state index in [9.17, 15) is 9.59 Å². The van der Waals surface area contributed by atoms with Crippen molar-refractivity contribution >= 4 is 17.8 Å². The van der Waals surface area contributed by atoms with E-state index in [1.165, 1.54) is 0 Å². The normalized spacial score (nSPS) is 16.2. The molecule has 2 aromatic rings. The summed E-state index contributed by atoms with van der Waals surface area (Å²) in [6.07, 6.45) is 1.76. The van der Waals surface area contributed by atoms with Gasteiger partial charge in [0.2, 0.25) is 5.78 Å². The number of carbonyl (C=O) groups excluding carboxylic acids is 2. The van der Waals surface area contributed by atoms with Gasteiger partial charge in [0.15, 0.2) is 0 Å². The lowest BCUT2D eigenvalue weighted by molar-refractivity contribution is -0.139. The van der Waals surface area contributed by atoms with E-state index in [0.717, 1.165) is 16.9 Å². The third-order valence-corrected chi connectivity index (χ3v) is 3.79. The van der Waals surface area contributed by atoms with Crippen molar-refractivity contribution in [2.45, 2.75) is 6.54 Å². The monoisotopic (exact) mass is 307 g/mol. The zero-order valence-corrected chi connectivity index (χ0v) is 12.9. The van der Waals surface area contributed by atoms with Gasteiger partial charge in [-0.05, 0) is 29.3 Å². The van der Waals surface area contributed by atoms with E-state index in [2.05, 4.69) is 0 Å². The molecule has 1 amide bonds. The summed E-state index contributed by atoms with van der Waals surface area (Å²) in [6, 6.07) is 17.1. The number of amides is 1. The Hall–Kier alpha value is -2.88. The lowest BCUT2D eigenvalue weighted by Crippen LogP contribution is -2.26. The smallest absolute Gasteiger partial charge is 0.295 e. The molecular formula is C19H17NO3. The lowest BCUT2D eigenvalue weighted by Gasteiger charge is -2.13. The fraction of sp³-hybridized carbons (Fsp3) is 0.158. The number of methoxy groups -OCH3 is 1. The van der Waals surface area contributed by atoms with Gasteiger partial charge in [-0.3, -0.25) is 9.59 Å². The minimum absolute atomic E-state index is 0.337. The third-order valence-electron chi connectivity index (χ3n) is 3.79. The molecule has 0 saturated carbocycles. The number of ketones is 1. The molecule has 4 nitrogen and oxygen atoms in total. The molecule has 1 saturated heterocycles. The number of hydrogen-bond donors (Lipinski definition) is 0. The standard InChI is InChI=1S/C19H17NO3/c1-23-17-9-5-8-15(11-17)10-16-13-20(19(22)18(16)21)12-14-6-3-2-4-7-14/h2-11H,12-13H2,1H3/b16-10-. The van der Waals surface area contributed by atoms with E-state index in [1.807, 2.05) is 54.6 Å². The SMILES string of the molecule is COc1cccc(/C=C2/CN(Cc3ccccc3)C(=O)C2=O)c1. The van der Waals surface area contributed by atoms with Gasteiger partial charge in [-0.25, -0.2) is 0 Å². The van der Waals surface area contributed by atoms with E-state index in [0.29, 0.717) is 18.7 Å². The minimum atomic E-state index is -0.442. The molecular weight excluding hydrogens is 290 g/mol. The van der Waals surface area contributed by atoms with Crippen LogP contribution in [0.5, 0.6) is 5.75 Å². The van der Waals surface area contributed by atoms with Crippen LogP contribution < -0.4 is 4.74 Å². The highest BCUT2D eigenvalue weighted by molar-refractivity contribution is 6.45. The van der Waals surface area contributed by atoms with E-state index in [4.69, 9.17) is 4.74 Å². The molecule has 3 rings (SSSR count). The van der Waals surface area contributed by atoms with Crippen molar-refractivity contribution in [2.24, 2.45) is 0 Å². The number of benzene rings is 2. The largest absolute Gasteiger partial charge is 0.497 e. The predicted molar refractivity (Wildman–Crippen MR) is 87.8 cm³/mol. The molecule has 23 heavy (non-hydrogen) atoms. The zero-order valence-electron chi connectivity index (χ0n) is 12.9. The van der Waals surface area contributed by atoms with Crippen molar-refractivity contribution in [1.29, 1.82) is 0 Å². The van der Waals surface area contributed by atoms with Crippen molar-refractivity contribution in [2.75, 3.05) is 13.7 Å². The molecule has 0 aromatic heterocycles. The number of carbonyl (C=O) groups is 2. The van der Waals surface area contributed by atoms with Crippen LogP contribution in [-0.2, 0) is 16.1 Å². The van der Waals surface area contributed by atoms with Gasteiger partial charge < -0.3 is 9.64 Å². The highest BCUT2D eigenvalue weighted by atomic mass is 16.5. The van der Waals surface area contributed by atoms with Crippen LogP contribution in [0, 0.1) is 0 Å². The van der Waals surface area contributed by atoms with Gasteiger partial charge in [-0.1, -0.05) is 42.5 Å².